The van der Waals surface area contributed by atoms with E-state index < -0.39 is 0 Å². The van der Waals surface area contributed by atoms with E-state index in [1.165, 1.54) is 0 Å². The fourth-order valence-electron chi connectivity index (χ4n) is 2.81. The number of hydrogen-bond acceptors (Lipinski definition) is 2. The molecule has 2 heterocycles. The van der Waals surface area contributed by atoms with Crippen molar-refractivity contribution in [3.8, 4) is 11.1 Å². The summed E-state index contributed by atoms with van der Waals surface area (Å²) in [6, 6.07) is 23.3. The Kier molecular flexibility index (Phi) is 3.24. The summed E-state index contributed by atoms with van der Waals surface area (Å²) in [5.41, 5.74) is 4.21. The molecule has 4 aromatic rings. The van der Waals surface area contributed by atoms with Crippen molar-refractivity contribution in [2.45, 2.75) is 0 Å². The Bertz CT molecular complexity index is 972. The van der Waals surface area contributed by atoms with E-state index in [4.69, 9.17) is 0 Å². The molecule has 0 unspecified atom stereocenters. The average Bonchev–Trinajstić information content (AvgIpc) is 3.07. The molecule has 0 radical (unpaired) electrons. The largest absolute Gasteiger partial charge is 0.288 e. The van der Waals surface area contributed by atoms with Gasteiger partial charge in [0.2, 0.25) is 0 Å². The van der Waals surface area contributed by atoms with E-state index in [9.17, 15) is 4.79 Å². The van der Waals surface area contributed by atoms with Crippen LogP contribution in [0.4, 0.5) is 0 Å². The first-order valence-electron chi connectivity index (χ1n) is 7.46. The predicted molar refractivity (Wildman–Crippen MR) is 90.5 cm³/mol. The minimum absolute atomic E-state index is 0.0102. The van der Waals surface area contributed by atoms with Crippen molar-refractivity contribution in [2.24, 2.45) is 0 Å². The van der Waals surface area contributed by atoms with Gasteiger partial charge in [-0.1, -0.05) is 66.7 Å². The first-order valence-corrected chi connectivity index (χ1v) is 7.46. The zero-order chi connectivity index (χ0) is 15.6. The van der Waals surface area contributed by atoms with Crippen LogP contribution in [0.25, 0.3) is 16.6 Å². The van der Waals surface area contributed by atoms with Gasteiger partial charge < -0.3 is 0 Å². The zero-order valence-electron chi connectivity index (χ0n) is 12.4. The fraction of sp³-hybridized carbons (Fsp3) is 0. The first kappa shape index (κ1) is 13.5. The van der Waals surface area contributed by atoms with Gasteiger partial charge in [0.1, 0.15) is 0 Å². The molecule has 0 saturated carbocycles. The van der Waals surface area contributed by atoms with Crippen LogP contribution in [0.5, 0.6) is 0 Å². The van der Waals surface area contributed by atoms with Crippen LogP contribution >= 0.6 is 0 Å². The lowest BCUT2D eigenvalue weighted by atomic mass is 9.99. The average molecular weight is 298 g/mol. The molecule has 4 rings (SSSR count). The van der Waals surface area contributed by atoms with Crippen molar-refractivity contribution in [1.82, 2.24) is 9.61 Å². The summed E-state index contributed by atoms with van der Waals surface area (Å²) in [5.74, 6) is -0.0102. The van der Waals surface area contributed by atoms with Crippen LogP contribution in [0.3, 0.4) is 0 Å². The van der Waals surface area contributed by atoms with E-state index in [1.54, 1.807) is 10.7 Å². The molecule has 2 aromatic carbocycles. The maximum atomic E-state index is 12.9. The molecule has 0 aliphatic heterocycles. The third-order valence-electron chi connectivity index (χ3n) is 3.91. The number of ketones is 1. The number of carbonyl (C=O) groups excluding carboxylic acids is 1. The van der Waals surface area contributed by atoms with Crippen LogP contribution in [0, 0.1) is 0 Å². The molecule has 110 valence electrons. The lowest BCUT2D eigenvalue weighted by molar-refractivity contribution is 0.104. The number of rotatable bonds is 3. The number of hydrogen-bond donors (Lipinski definition) is 0. The van der Waals surface area contributed by atoms with Gasteiger partial charge in [0, 0.05) is 17.3 Å². The number of benzene rings is 2. The van der Waals surface area contributed by atoms with Crippen molar-refractivity contribution in [3.05, 3.63) is 96.3 Å². The van der Waals surface area contributed by atoms with Gasteiger partial charge in [-0.25, -0.2) is 4.52 Å². The molecule has 0 spiro atoms. The molecular formula is C20H14N2O. The molecule has 0 aliphatic carbocycles. The van der Waals surface area contributed by atoms with E-state index in [2.05, 4.69) is 5.10 Å². The van der Waals surface area contributed by atoms with Gasteiger partial charge >= 0.3 is 0 Å². The molecule has 3 heteroatoms. The predicted octanol–water partition coefficient (Wildman–Crippen LogP) is 4.23. The van der Waals surface area contributed by atoms with E-state index >= 15 is 0 Å². The normalized spacial score (nSPS) is 10.8. The summed E-state index contributed by atoms with van der Waals surface area (Å²) < 4.78 is 1.76. The first-order chi connectivity index (χ1) is 11.3. The maximum absolute atomic E-state index is 12.9. The highest BCUT2D eigenvalue weighted by Crippen LogP contribution is 2.28. The van der Waals surface area contributed by atoms with Gasteiger partial charge in [-0.15, -0.1) is 0 Å². The van der Waals surface area contributed by atoms with Gasteiger partial charge in [-0.2, -0.15) is 5.10 Å². The van der Waals surface area contributed by atoms with E-state index in [0.717, 1.165) is 16.6 Å². The molecule has 0 atom stereocenters. The number of aromatic nitrogens is 2. The van der Waals surface area contributed by atoms with Gasteiger partial charge in [0.05, 0.1) is 17.3 Å². The second-order valence-electron chi connectivity index (χ2n) is 5.33. The van der Waals surface area contributed by atoms with E-state index in [1.807, 2.05) is 79.0 Å². The van der Waals surface area contributed by atoms with Crippen molar-refractivity contribution < 1.29 is 4.79 Å². The van der Waals surface area contributed by atoms with Crippen molar-refractivity contribution in [1.29, 1.82) is 0 Å². The molecule has 0 bridgehead atoms. The molecule has 0 N–H and O–H groups in total. The SMILES string of the molecule is O=C(c1ccccc1)c1cnn2cccc(-c3ccccc3)c12. The highest BCUT2D eigenvalue weighted by molar-refractivity contribution is 6.14. The summed E-state index contributed by atoms with van der Waals surface area (Å²) in [7, 11) is 0. The number of pyridine rings is 1. The van der Waals surface area contributed by atoms with Gasteiger partial charge in [-0.3, -0.25) is 4.79 Å². The minimum Gasteiger partial charge on any atom is -0.288 e. The van der Waals surface area contributed by atoms with E-state index in [0.29, 0.717) is 11.1 Å². The third-order valence-corrected chi connectivity index (χ3v) is 3.91. The monoisotopic (exact) mass is 298 g/mol. The fourth-order valence-corrected chi connectivity index (χ4v) is 2.81. The van der Waals surface area contributed by atoms with Gasteiger partial charge in [0.25, 0.3) is 0 Å². The van der Waals surface area contributed by atoms with Crippen molar-refractivity contribution in [3.63, 3.8) is 0 Å². The van der Waals surface area contributed by atoms with Crippen LogP contribution in [-0.2, 0) is 0 Å². The van der Waals surface area contributed by atoms with Crippen LogP contribution < -0.4 is 0 Å². The van der Waals surface area contributed by atoms with Crippen LogP contribution in [0.1, 0.15) is 15.9 Å². The summed E-state index contributed by atoms with van der Waals surface area (Å²) >= 11 is 0. The Morgan fingerprint density at radius 3 is 2.26 bits per heavy atom. The zero-order valence-corrected chi connectivity index (χ0v) is 12.4. The van der Waals surface area contributed by atoms with Crippen molar-refractivity contribution in [2.75, 3.05) is 0 Å². The lowest BCUT2D eigenvalue weighted by Gasteiger charge is -2.06. The van der Waals surface area contributed by atoms with E-state index in [-0.39, 0.29) is 5.78 Å². The van der Waals surface area contributed by atoms with Crippen LogP contribution in [0.2, 0.25) is 0 Å². The highest BCUT2D eigenvalue weighted by Gasteiger charge is 2.17. The molecule has 0 aliphatic rings. The summed E-state index contributed by atoms with van der Waals surface area (Å²) in [4.78, 5) is 12.9. The minimum atomic E-state index is -0.0102. The summed E-state index contributed by atoms with van der Waals surface area (Å²) in [5, 5.41) is 4.35. The number of fused-ring (bicyclic) bond motifs is 1. The van der Waals surface area contributed by atoms with Gasteiger partial charge in [0.15, 0.2) is 5.78 Å². The third kappa shape index (κ3) is 2.32. The molecule has 2 aromatic heterocycles. The second-order valence-corrected chi connectivity index (χ2v) is 5.33. The Morgan fingerprint density at radius 2 is 1.52 bits per heavy atom. The summed E-state index contributed by atoms with van der Waals surface area (Å²) in [6.45, 7) is 0. The smallest absolute Gasteiger partial charge is 0.196 e. The molecular weight excluding hydrogens is 284 g/mol. The second kappa shape index (κ2) is 5.54. The van der Waals surface area contributed by atoms with Gasteiger partial charge in [-0.05, 0) is 11.6 Å². The Balaban J connectivity index is 1.94. The standard InChI is InChI=1S/C20H14N2O/c23-20(16-10-5-2-6-11-16)18-14-21-22-13-7-12-17(19(18)22)15-8-3-1-4-9-15/h1-14H. The van der Waals surface area contributed by atoms with Crippen LogP contribution in [0.15, 0.2) is 85.2 Å². The van der Waals surface area contributed by atoms with Crippen molar-refractivity contribution >= 4 is 11.3 Å². The number of nitrogens with zero attached hydrogens (tertiary/aromatic N) is 2. The quantitative estimate of drug-likeness (QED) is 0.530. The Hall–Kier alpha value is -3.20. The topological polar surface area (TPSA) is 34.4 Å². The summed E-state index contributed by atoms with van der Waals surface area (Å²) in [6.07, 6.45) is 3.51. The molecule has 23 heavy (non-hydrogen) atoms. The molecule has 3 nitrogen and oxygen atoms in total. The Labute approximate surface area is 133 Å². The molecule has 0 fully saturated rings. The lowest BCUT2D eigenvalue weighted by Crippen LogP contribution is -2.01. The molecule has 0 amide bonds. The molecule has 0 saturated heterocycles. The maximum Gasteiger partial charge on any atom is 0.196 e. The van der Waals surface area contributed by atoms with Crippen LogP contribution in [-0.4, -0.2) is 15.4 Å². The number of carbonyl (C=O) groups is 1. The Morgan fingerprint density at radius 1 is 0.826 bits per heavy atom. The highest BCUT2D eigenvalue weighted by atomic mass is 16.1.